The number of carbonyl (C=O) groups excluding carboxylic acids is 1. The summed E-state index contributed by atoms with van der Waals surface area (Å²) in [6.07, 6.45) is 8.59. The second-order valence-corrected chi connectivity index (χ2v) is 6.77. The fraction of sp³-hybridized carbons (Fsp3) is 0.526. The lowest BCUT2D eigenvalue weighted by atomic mass is 9.98. The normalized spacial score (nSPS) is 11.4. The number of aromatic amines is 1. The number of unbranched alkanes of at least 4 members (excludes halogenated alkanes) is 3. The van der Waals surface area contributed by atoms with E-state index in [1.807, 2.05) is 32.0 Å². The lowest BCUT2D eigenvalue weighted by molar-refractivity contribution is -0.117. The molecule has 2 aromatic heterocycles. The first-order valence-corrected chi connectivity index (χ1v) is 8.73. The number of hydrogen-bond donors (Lipinski definition) is 1. The molecule has 0 atom stereocenters. The summed E-state index contributed by atoms with van der Waals surface area (Å²) in [6, 6.07) is 5.72. The Bertz CT molecular complexity index is 609. The van der Waals surface area contributed by atoms with Gasteiger partial charge in [-0.25, -0.2) is 0 Å². The second kappa shape index (κ2) is 9.93. The molecule has 2 heterocycles. The average molecular weight is 345 g/mol. The quantitative estimate of drug-likeness (QED) is 0.469. The zero-order valence-corrected chi connectivity index (χ0v) is 15.0. The fourth-order valence-electron chi connectivity index (χ4n) is 2.24. The number of aldehydes is 1. The summed E-state index contributed by atoms with van der Waals surface area (Å²) in [5.74, 6) is 0.780. The topological polar surface area (TPSA) is 77.1 Å². The molecule has 0 spiro atoms. The first-order chi connectivity index (χ1) is 12.1. The van der Waals surface area contributed by atoms with Crippen molar-refractivity contribution in [2.45, 2.75) is 39.5 Å². The van der Waals surface area contributed by atoms with Crippen molar-refractivity contribution in [3.63, 3.8) is 0 Å². The van der Waals surface area contributed by atoms with Crippen LogP contribution >= 0.6 is 0 Å². The fourth-order valence-corrected chi connectivity index (χ4v) is 2.24. The standard InChI is InChI=1S/C19H27N3O3/c1-19(2,14-23)15-24-11-5-3-4-6-12-25-16-7-8-17(20-13-16)18-9-10-21-22-18/h7-10,13-14H,3-6,11-12,15H2,1-2H3,(H,21,22). The minimum Gasteiger partial charge on any atom is -0.492 e. The molecule has 0 saturated heterocycles. The molecule has 6 heteroatoms. The van der Waals surface area contributed by atoms with E-state index in [-0.39, 0.29) is 5.41 Å². The van der Waals surface area contributed by atoms with E-state index in [1.54, 1.807) is 12.4 Å². The van der Waals surface area contributed by atoms with Crippen LogP contribution in [0.3, 0.4) is 0 Å². The van der Waals surface area contributed by atoms with Gasteiger partial charge in [0.1, 0.15) is 12.0 Å². The first kappa shape index (κ1) is 19.1. The molecule has 6 nitrogen and oxygen atoms in total. The summed E-state index contributed by atoms with van der Waals surface area (Å²) < 4.78 is 11.2. The molecule has 0 amide bonds. The molecule has 0 aliphatic carbocycles. The molecule has 0 unspecified atom stereocenters. The van der Waals surface area contributed by atoms with E-state index < -0.39 is 0 Å². The molecule has 0 radical (unpaired) electrons. The Kier molecular flexibility index (Phi) is 7.60. The van der Waals surface area contributed by atoms with Gasteiger partial charge in [0.2, 0.25) is 0 Å². The van der Waals surface area contributed by atoms with Gasteiger partial charge in [-0.15, -0.1) is 0 Å². The van der Waals surface area contributed by atoms with Gasteiger partial charge in [0.15, 0.2) is 0 Å². The number of nitrogens with zero attached hydrogens (tertiary/aromatic N) is 2. The third kappa shape index (κ3) is 7.05. The monoisotopic (exact) mass is 345 g/mol. The smallest absolute Gasteiger partial charge is 0.137 e. The number of H-pyrrole nitrogens is 1. The van der Waals surface area contributed by atoms with Crippen LogP contribution in [0.25, 0.3) is 11.4 Å². The predicted molar refractivity (Wildman–Crippen MR) is 96.4 cm³/mol. The van der Waals surface area contributed by atoms with E-state index >= 15 is 0 Å². The molecule has 25 heavy (non-hydrogen) atoms. The molecular weight excluding hydrogens is 318 g/mol. The molecule has 2 aromatic rings. The van der Waals surface area contributed by atoms with Crippen LogP contribution in [0.4, 0.5) is 0 Å². The highest BCUT2D eigenvalue weighted by molar-refractivity contribution is 5.57. The highest BCUT2D eigenvalue weighted by Gasteiger charge is 2.15. The molecule has 0 aliphatic heterocycles. The van der Waals surface area contributed by atoms with Gasteiger partial charge in [0.05, 0.1) is 30.8 Å². The Hall–Kier alpha value is -2.21. The number of rotatable bonds is 12. The lowest BCUT2D eigenvalue weighted by Gasteiger charge is -2.16. The number of ether oxygens (including phenoxy) is 2. The van der Waals surface area contributed by atoms with Crippen LogP contribution in [0, 0.1) is 5.41 Å². The van der Waals surface area contributed by atoms with E-state index in [0.717, 1.165) is 49.1 Å². The van der Waals surface area contributed by atoms with Gasteiger partial charge in [-0.05, 0) is 37.5 Å². The van der Waals surface area contributed by atoms with Crippen LogP contribution in [0.15, 0.2) is 30.6 Å². The van der Waals surface area contributed by atoms with Crippen LogP contribution < -0.4 is 4.74 Å². The van der Waals surface area contributed by atoms with Crippen LogP contribution in [0.2, 0.25) is 0 Å². The molecule has 0 aromatic carbocycles. The van der Waals surface area contributed by atoms with Crippen molar-refractivity contribution in [3.05, 3.63) is 30.6 Å². The van der Waals surface area contributed by atoms with Crippen molar-refractivity contribution in [2.24, 2.45) is 5.41 Å². The maximum Gasteiger partial charge on any atom is 0.137 e. The van der Waals surface area contributed by atoms with Gasteiger partial charge in [-0.3, -0.25) is 10.1 Å². The summed E-state index contributed by atoms with van der Waals surface area (Å²) in [5, 5.41) is 6.80. The largest absolute Gasteiger partial charge is 0.492 e. The number of carbonyl (C=O) groups is 1. The second-order valence-electron chi connectivity index (χ2n) is 6.77. The summed E-state index contributed by atoms with van der Waals surface area (Å²) in [6.45, 7) is 5.64. The zero-order chi connectivity index (χ0) is 18.0. The number of aromatic nitrogens is 3. The molecule has 0 saturated carbocycles. The van der Waals surface area contributed by atoms with E-state index in [1.165, 1.54) is 0 Å². The van der Waals surface area contributed by atoms with Gasteiger partial charge in [0.25, 0.3) is 0 Å². The Morgan fingerprint density at radius 3 is 2.56 bits per heavy atom. The van der Waals surface area contributed by atoms with Crippen LogP contribution in [0.5, 0.6) is 5.75 Å². The van der Waals surface area contributed by atoms with Crippen molar-refractivity contribution in [3.8, 4) is 17.1 Å². The summed E-state index contributed by atoms with van der Waals surface area (Å²) in [5.41, 5.74) is 1.36. The van der Waals surface area contributed by atoms with Gasteiger partial charge in [0, 0.05) is 18.2 Å². The minimum atomic E-state index is -0.380. The van der Waals surface area contributed by atoms with Crippen molar-refractivity contribution < 1.29 is 14.3 Å². The summed E-state index contributed by atoms with van der Waals surface area (Å²) in [4.78, 5) is 15.1. The predicted octanol–water partition coefficient (Wildman–Crippen LogP) is 3.65. The molecule has 136 valence electrons. The average Bonchev–Trinajstić information content (AvgIpc) is 3.15. The van der Waals surface area contributed by atoms with Crippen LogP contribution in [-0.4, -0.2) is 41.3 Å². The first-order valence-electron chi connectivity index (χ1n) is 8.73. The van der Waals surface area contributed by atoms with Crippen LogP contribution in [0.1, 0.15) is 39.5 Å². The van der Waals surface area contributed by atoms with Gasteiger partial charge in [-0.1, -0.05) is 20.3 Å². The minimum absolute atomic E-state index is 0.380. The third-order valence-corrected chi connectivity index (χ3v) is 3.76. The Morgan fingerprint density at radius 1 is 1.12 bits per heavy atom. The highest BCUT2D eigenvalue weighted by Crippen LogP contribution is 2.17. The number of nitrogens with one attached hydrogen (secondary N) is 1. The van der Waals surface area contributed by atoms with Crippen molar-refractivity contribution in [1.29, 1.82) is 0 Å². The molecule has 0 bridgehead atoms. The summed E-state index contributed by atoms with van der Waals surface area (Å²) >= 11 is 0. The molecular formula is C19H27N3O3. The molecule has 2 rings (SSSR count). The van der Waals surface area contributed by atoms with E-state index in [2.05, 4.69) is 15.2 Å². The molecule has 0 fully saturated rings. The maximum atomic E-state index is 10.8. The van der Waals surface area contributed by atoms with E-state index in [9.17, 15) is 4.79 Å². The van der Waals surface area contributed by atoms with Gasteiger partial charge in [-0.2, -0.15) is 5.10 Å². The van der Waals surface area contributed by atoms with Gasteiger partial charge >= 0.3 is 0 Å². The maximum absolute atomic E-state index is 10.8. The van der Waals surface area contributed by atoms with Crippen molar-refractivity contribution >= 4 is 6.29 Å². The lowest BCUT2D eigenvalue weighted by Crippen LogP contribution is -2.21. The van der Waals surface area contributed by atoms with Gasteiger partial charge < -0.3 is 14.3 Å². The SMILES string of the molecule is CC(C)(C=O)COCCCCCCOc1ccc(-c2ccn[nH]2)nc1. The third-order valence-electron chi connectivity index (χ3n) is 3.76. The zero-order valence-electron chi connectivity index (χ0n) is 15.0. The van der Waals surface area contributed by atoms with Crippen molar-refractivity contribution in [1.82, 2.24) is 15.2 Å². The molecule has 1 N–H and O–H groups in total. The summed E-state index contributed by atoms with van der Waals surface area (Å²) in [7, 11) is 0. The Balaban J connectivity index is 1.51. The van der Waals surface area contributed by atoms with E-state index in [0.29, 0.717) is 19.8 Å². The van der Waals surface area contributed by atoms with Crippen molar-refractivity contribution in [2.75, 3.05) is 19.8 Å². The Morgan fingerprint density at radius 2 is 1.92 bits per heavy atom. The van der Waals surface area contributed by atoms with Crippen LogP contribution in [-0.2, 0) is 9.53 Å². The highest BCUT2D eigenvalue weighted by atomic mass is 16.5. The molecule has 0 aliphatic rings. The van der Waals surface area contributed by atoms with E-state index in [4.69, 9.17) is 9.47 Å². The number of pyridine rings is 1. The Labute approximate surface area is 149 Å². The number of hydrogen-bond acceptors (Lipinski definition) is 5.